The summed E-state index contributed by atoms with van der Waals surface area (Å²) in [6.07, 6.45) is 1.54. The van der Waals surface area contributed by atoms with Crippen LogP contribution in [0.5, 0.6) is 0 Å². The Hall–Kier alpha value is -1.92. The number of fused-ring (bicyclic) bond motifs is 2. The molecule has 1 aromatic carbocycles. The van der Waals surface area contributed by atoms with E-state index < -0.39 is 12.1 Å². The van der Waals surface area contributed by atoms with Crippen LogP contribution in [0.1, 0.15) is 30.0 Å². The number of piperidine rings is 1. The molecule has 2 heterocycles. The van der Waals surface area contributed by atoms with Gasteiger partial charge in [0, 0.05) is 26.2 Å². The zero-order chi connectivity index (χ0) is 18.4. The van der Waals surface area contributed by atoms with Crippen molar-refractivity contribution in [3.8, 4) is 0 Å². The summed E-state index contributed by atoms with van der Waals surface area (Å²) in [4.78, 5) is 29.2. The Labute approximate surface area is 154 Å². The van der Waals surface area contributed by atoms with Crippen molar-refractivity contribution in [2.75, 3.05) is 26.7 Å². The maximum absolute atomic E-state index is 13.3. The second-order valence-corrected chi connectivity index (χ2v) is 7.96. The second kappa shape index (κ2) is 6.67. The number of carbonyl (C=O) groups is 2. The molecule has 2 amide bonds. The van der Waals surface area contributed by atoms with Gasteiger partial charge in [-0.2, -0.15) is 0 Å². The van der Waals surface area contributed by atoms with Crippen LogP contribution in [-0.4, -0.2) is 60.5 Å². The molecule has 2 saturated heterocycles. The molecule has 26 heavy (non-hydrogen) atoms. The first kappa shape index (κ1) is 17.5. The van der Waals surface area contributed by atoms with E-state index in [-0.39, 0.29) is 24.5 Å². The molecule has 1 aliphatic carbocycles. The monoisotopic (exact) mass is 357 g/mol. The van der Waals surface area contributed by atoms with Crippen molar-refractivity contribution in [3.63, 3.8) is 0 Å². The number of benzene rings is 1. The zero-order valence-corrected chi connectivity index (χ0v) is 15.4. The van der Waals surface area contributed by atoms with Gasteiger partial charge in [-0.3, -0.25) is 9.59 Å². The fraction of sp³-hybridized carbons (Fsp3) is 0.600. The largest absolute Gasteiger partial charge is 0.356 e. The third-order valence-corrected chi connectivity index (χ3v) is 6.45. The lowest BCUT2D eigenvalue weighted by Gasteiger charge is -2.43. The van der Waals surface area contributed by atoms with Gasteiger partial charge < -0.3 is 20.3 Å². The molecule has 0 radical (unpaired) electrons. The minimum atomic E-state index is -0.660. The van der Waals surface area contributed by atoms with E-state index in [1.165, 1.54) is 0 Å². The van der Waals surface area contributed by atoms with Crippen LogP contribution in [0, 0.1) is 18.8 Å². The fourth-order valence-corrected chi connectivity index (χ4v) is 4.83. The minimum absolute atomic E-state index is 0.0126. The van der Waals surface area contributed by atoms with E-state index in [1.54, 1.807) is 11.9 Å². The van der Waals surface area contributed by atoms with E-state index in [2.05, 4.69) is 0 Å². The molecule has 6 nitrogen and oxygen atoms in total. The van der Waals surface area contributed by atoms with E-state index in [0.717, 1.165) is 24.0 Å². The molecule has 0 spiro atoms. The van der Waals surface area contributed by atoms with Crippen molar-refractivity contribution in [1.29, 1.82) is 0 Å². The molecule has 6 heteroatoms. The Kier molecular flexibility index (Phi) is 4.49. The average Bonchev–Trinajstić information content (AvgIpc) is 2.84. The number of carbonyl (C=O) groups excluding carboxylic acids is 2. The summed E-state index contributed by atoms with van der Waals surface area (Å²) >= 11 is 0. The number of aryl methyl sites for hydroxylation is 1. The summed E-state index contributed by atoms with van der Waals surface area (Å²) in [6, 6.07) is 7.71. The minimum Gasteiger partial charge on any atom is -0.356 e. The van der Waals surface area contributed by atoms with Crippen LogP contribution in [0.3, 0.4) is 0 Å². The average molecular weight is 357 g/mol. The summed E-state index contributed by atoms with van der Waals surface area (Å²) in [5, 5.41) is 0. The number of hydrogen-bond acceptors (Lipinski definition) is 4. The van der Waals surface area contributed by atoms with Crippen LogP contribution in [0.4, 0.5) is 0 Å². The first-order chi connectivity index (χ1) is 12.5. The van der Waals surface area contributed by atoms with Gasteiger partial charge in [-0.1, -0.05) is 24.3 Å². The van der Waals surface area contributed by atoms with E-state index in [9.17, 15) is 9.59 Å². The molecule has 5 atom stereocenters. The smallest absolute Gasteiger partial charge is 0.254 e. The Morgan fingerprint density at radius 1 is 1.19 bits per heavy atom. The highest BCUT2D eigenvalue weighted by molar-refractivity contribution is 5.86. The Balaban J connectivity index is 1.62. The molecule has 140 valence electrons. The van der Waals surface area contributed by atoms with Crippen LogP contribution in [0.2, 0.25) is 0 Å². The van der Waals surface area contributed by atoms with Crippen LogP contribution >= 0.6 is 0 Å². The van der Waals surface area contributed by atoms with Gasteiger partial charge in [-0.05, 0) is 42.7 Å². The summed E-state index contributed by atoms with van der Waals surface area (Å²) < 4.78 is 5.80. The molecule has 0 aromatic heterocycles. The van der Waals surface area contributed by atoms with Gasteiger partial charge in [0.2, 0.25) is 5.91 Å². The molecule has 1 saturated carbocycles. The fourth-order valence-electron chi connectivity index (χ4n) is 4.83. The van der Waals surface area contributed by atoms with Crippen LogP contribution in [0.25, 0.3) is 0 Å². The summed E-state index contributed by atoms with van der Waals surface area (Å²) in [6.45, 7) is 3.36. The molecular formula is C20H27N3O3. The molecule has 3 fully saturated rings. The third kappa shape index (κ3) is 2.81. The van der Waals surface area contributed by atoms with Crippen molar-refractivity contribution in [3.05, 3.63) is 35.4 Å². The van der Waals surface area contributed by atoms with E-state index in [0.29, 0.717) is 24.9 Å². The maximum atomic E-state index is 13.3. The number of rotatable bonds is 2. The lowest BCUT2D eigenvalue weighted by molar-refractivity contribution is -0.168. The van der Waals surface area contributed by atoms with Gasteiger partial charge >= 0.3 is 0 Å². The summed E-state index contributed by atoms with van der Waals surface area (Å²) in [5.74, 6) is 0.666. The van der Waals surface area contributed by atoms with Gasteiger partial charge in [0.1, 0.15) is 6.61 Å². The predicted octanol–water partition coefficient (Wildman–Crippen LogP) is 1.09. The highest BCUT2D eigenvalue weighted by Gasteiger charge is 2.46. The van der Waals surface area contributed by atoms with Crippen LogP contribution in [0.15, 0.2) is 24.3 Å². The van der Waals surface area contributed by atoms with Crippen LogP contribution < -0.4 is 5.73 Å². The summed E-state index contributed by atoms with van der Waals surface area (Å²) in [7, 11) is 1.76. The number of hydrogen-bond donors (Lipinski definition) is 1. The number of amides is 2. The number of likely N-dealkylation sites (tertiary alicyclic amines) is 1. The number of morpholine rings is 1. The molecule has 3 aliphatic rings. The standard InChI is InChI=1S/C20H27N3O3/c1-12-5-3-4-6-15(12)18-19(26-11-16(24)22(18)2)20(25)23-9-13-7-8-14(10-23)17(13)21/h3-6,13-14,17-19H,7-11,21H2,1-2H3/t13-,14+,17?,18-,19+/m1/s1. The molecule has 2 bridgehead atoms. The SMILES string of the molecule is Cc1ccccc1[C@@H]1[C@@H](C(=O)N2C[C@H]3CC[C@@H](C2)C3N)OCC(=O)N1C. The topological polar surface area (TPSA) is 75.9 Å². The number of ether oxygens (including phenoxy) is 1. The molecule has 2 aliphatic heterocycles. The van der Waals surface area contributed by atoms with E-state index in [1.807, 2.05) is 36.1 Å². The van der Waals surface area contributed by atoms with E-state index >= 15 is 0 Å². The Morgan fingerprint density at radius 3 is 2.50 bits per heavy atom. The van der Waals surface area contributed by atoms with Gasteiger partial charge in [0.15, 0.2) is 6.10 Å². The Bertz CT molecular complexity index is 708. The first-order valence-corrected chi connectivity index (χ1v) is 9.44. The van der Waals surface area contributed by atoms with Gasteiger partial charge in [-0.15, -0.1) is 0 Å². The van der Waals surface area contributed by atoms with Crippen molar-refractivity contribution in [2.45, 2.75) is 38.0 Å². The molecule has 2 N–H and O–H groups in total. The quantitative estimate of drug-likeness (QED) is 0.860. The van der Waals surface area contributed by atoms with E-state index in [4.69, 9.17) is 10.5 Å². The zero-order valence-electron chi connectivity index (χ0n) is 15.4. The number of likely N-dealkylation sites (N-methyl/N-ethyl adjacent to an activating group) is 1. The maximum Gasteiger partial charge on any atom is 0.254 e. The van der Waals surface area contributed by atoms with Crippen molar-refractivity contribution in [1.82, 2.24) is 9.80 Å². The molecule has 4 rings (SSSR count). The molecular weight excluding hydrogens is 330 g/mol. The van der Waals surface area contributed by atoms with Gasteiger partial charge in [0.25, 0.3) is 5.91 Å². The van der Waals surface area contributed by atoms with Crippen molar-refractivity contribution >= 4 is 11.8 Å². The highest BCUT2D eigenvalue weighted by Crippen LogP contribution is 2.38. The first-order valence-electron chi connectivity index (χ1n) is 9.44. The lowest BCUT2D eigenvalue weighted by atomic mass is 9.90. The lowest BCUT2D eigenvalue weighted by Crippen LogP contribution is -2.58. The third-order valence-electron chi connectivity index (χ3n) is 6.45. The highest BCUT2D eigenvalue weighted by atomic mass is 16.5. The normalized spacial score (nSPS) is 34.3. The molecule has 1 aromatic rings. The van der Waals surface area contributed by atoms with Gasteiger partial charge in [0.05, 0.1) is 6.04 Å². The molecule has 1 unspecified atom stereocenters. The van der Waals surface area contributed by atoms with Crippen molar-refractivity contribution < 1.29 is 14.3 Å². The summed E-state index contributed by atoms with van der Waals surface area (Å²) in [5.41, 5.74) is 8.31. The predicted molar refractivity (Wildman–Crippen MR) is 97.2 cm³/mol. The van der Waals surface area contributed by atoms with Crippen molar-refractivity contribution in [2.24, 2.45) is 17.6 Å². The number of nitrogens with two attached hydrogens (primary N) is 1. The van der Waals surface area contributed by atoms with Gasteiger partial charge in [-0.25, -0.2) is 0 Å². The van der Waals surface area contributed by atoms with Crippen LogP contribution in [-0.2, 0) is 14.3 Å². The second-order valence-electron chi connectivity index (χ2n) is 7.96. The number of nitrogens with zero attached hydrogens (tertiary/aromatic N) is 2. The Morgan fingerprint density at radius 2 is 1.85 bits per heavy atom.